The van der Waals surface area contributed by atoms with Gasteiger partial charge in [-0.1, -0.05) is 23.2 Å². The lowest BCUT2D eigenvalue weighted by Gasteiger charge is -2.12. The molecule has 0 bridgehead atoms. The Labute approximate surface area is 146 Å². The van der Waals surface area contributed by atoms with Crippen LogP contribution in [0.15, 0.2) is 41.3 Å². The van der Waals surface area contributed by atoms with Crippen molar-refractivity contribution in [1.29, 1.82) is 0 Å². The van der Waals surface area contributed by atoms with E-state index in [2.05, 4.69) is 27.3 Å². The zero-order valence-electron chi connectivity index (χ0n) is 10.6. The predicted octanol–water partition coefficient (Wildman–Crippen LogP) is 3.86. The highest BCUT2D eigenvalue weighted by Gasteiger charge is 2.21. The van der Waals surface area contributed by atoms with E-state index in [-0.39, 0.29) is 21.5 Å². The van der Waals surface area contributed by atoms with Crippen molar-refractivity contribution in [1.82, 2.24) is 0 Å². The Hall–Kier alpha value is -0.540. The van der Waals surface area contributed by atoms with Gasteiger partial charge in [-0.2, -0.15) is 0 Å². The lowest BCUT2D eigenvalue weighted by Crippen LogP contribution is -2.14. The largest absolute Gasteiger partial charge is 0.326 e. The smallest absolute Gasteiger partial charge is 0.263 e. The van der Waals surface area contributed by atoms with Gasteiger partial charge in [0.1, 0.15) is 4.90 Å². The maximum atomic E-state index is 12.4. The normalized spacial score (nSPS) is 11.4. The van der Waals surface area contributed by atoms with Gasteiger partial charge >= 0.3 is 0 Å². The van der Waals surface area contributed by atoms with E-state index < -0.39 is 10.0 Å². The van der Waals surface area contributed by atoms with Gasteiger partial charge < -0.3 is 5.73 Å². The first-order chi connectivity index (χ1) is 9.83. The molecule has 0 amide bonds. The molecule has 2 rings (SSSR count). The van der Waals surface area contributed by atoms with Gasteiger partial charge in [-0.05, 0) is 64.6 Å². The van der Waals surface area contributed by atoms with Crippen LogP contribution >= 0.6 is 45.8 Å². The average molecular weight is 457 g/mol. The Morgan fingerprint density at radius 3 is 2.33 bits per heavy atom. The van der Waals surface area contributed by atoms with Gasteiger partial charge in [0.05, 0.1) is 5.02 Å². The number of nitrogens with one attached hydrogen (secondary N) is 1. The van der Waals surface area contributed by atoms with Crippen LogP contribution < -0.4 is 10.5 Å². The molecule has 0 aliphatic heterocycles. The van der Waals surface area contributed by atoms with Gasteiger partial charge in [0, 0.05) is 20.8 Å². The quantitative estimate of drug-likeness (QED) is 0.686. The highest BCUT2D eigenvalue weighted by molar-refractivity contribution is 14.1. The van der Waals surface area contributed by atoms with Crippen molar-refractivity contribution >= 4 is 61.5 Å². The Morgan fingerprint density at radius 2 is 1.76 bits per heavy atom. The van der Waals surface area contributed by atoms with Crippen molar-refractivity contribution < 1.29 is 8.42 Å². The topological polar surface area (TPSA) is 72.2 Å². The maximum absolute atomic E-state index is 12.4. The minimum Gasteiger partial charge on any atom is -0.326 e. The number of rotatable bonds is 4. The summed E-state index contributed by atoms with van der Waals surface area (Å²) in [6.07, 6.45) is 0. The molecule has 0 heterocycles. The second kappa shape index (κ2) is 6.70. The highest BCUT2D eigenvalue weighted by atomic mass is 127. The summed E-state index contributed by atoms with van der Waals surface area (Å²) in [4.78, 5) is -0.0873. The summed E-state index contributed by atoms with van der Waals surface area (Å²) < 4.78 is 28.3. The fourth-order valence-corrected chi connectivity index (χ4v) is 4.05. The van der Waals surface area contributed by atoms with Crippen molar-refractivity contribution in [2.75, 3.05) is 4.72 Å². The molecular formula is C13H11Cl2IN2O2S. The number of hydrogen-bond donors (Lipinski definition) is 2. The Bertz CT molecular complexity index is 764. The third kappa shape index (κ3) is 4.01. The number of hydrogen-bond acceptors (Lipinski definition) is 3. The molecule has 0 aliphatic rings. The zero-order valence-corrected chi connectivity index (χ0v) is 15.1. The second-order valence-corrected chi connectivity index (χ2v) is 7.90. The van der Waals surface area contributed by atoms with Crippen LogP contribution in [0.5, 0.6) is 0 Å². The minimum atomic E-state index is -3.84. The molecule has 2 aromatic rings. The molecule has 0 saturated heterocycles. The Balaban J connectivity index is 2.44. The lowest BCUT2D eigenvalue weighted by molar-refractivity contribution is 0.601. The standard InChI is InChI=1S/C13H11Cl2IN2O2S/c14-9-5-8(7-17)13(15)12(6-9)21(19,20)18-11-3-1-10(16)2-4-11/h1-6,18H,7,17H2. The highest BCUT2D eigenvalue weighted by Crippen LogP contribution is 2.30. The van der Waals surface area contributed by atoms with Crippen LogP contribution in [0.2, 0.25) is 10.0 Å². The second-order valence-electron chi connectivity index (χ2n) is 4.19. The van der Waals surface area contributed by atoms with Crippen LogP contribution in [0.25, 0.3) is 0 Å². The fraction of sp³-hybridized carbons (Fsp3) is 0.0769. The molecule has 8 heteroatoms. The van der Waals surface area contributed by atoms with E-state index in [0.29, 0.717) is 11.3 Å². The zero-order chi connectivity index (χ0) is 15.6. The first-order valence-corrected chi connectivity index (χ1v) is 9.11. The number of benzene rings is 2. The SMILES string of the molecule is NCc1cc(Cl)cc(S(=O)(=O)Nc2ccc(I)cc2)c1Cl. The molecule has 0 spiro atoms. The van der Waals surface area contributed by atoms with E-state index in [1.165, 1.54) is 6.07 Å². The van der Waals surface area contributed by atoms with Crippen LogP contribution in [0.4, 0.5) is 5.69 Å². The van der Waals surface area contributed by atoms with Crippen LogP contribution in [0, 0.1) is 3.57 Å². The summed E-state index contributed by atoms with van der Waals surface area (Å²) in [7, 11) is -3.84. The van der Waals surface area contributed by atoms with Gasteiger partial charge in [-0.25, -0.2) is 8.42 Å². The van der Waals surface area contributed by atoms with Gasteiger partial charge in [-0.3, -0.25) is 4.72 Å². The van der Waals surface area contributed by atoms with E-state index in [0.717, 1.165) is 3.57 Å². The van der Waals surface area contributed by atoms with Gasteiger partial charge in [0.15, 0.2) is 0 Å². The van der Waals surface area contributed by atoms with Gasteiger partial charge in [0.2, 0.25) is 0 Å². The number of halogens is 3. The summed E-state index contributed by atoms with van der Waals surface area (Å²) in [6.45, 7) is 0.103. The molecule has 0 atom stereocenters. The number of sulfonamides is 1. The van der Waals surface area contributed by atoms with E-state index >= 15 is 0 Å². The summed E-state index contributed by atoms with van der Waals surface area (Å²) >= 11 is 14.2. The Kier molecular flexibility index (Phi) is 5.37. The molecule has 4 nitrogen and oxygen atoms in total. The molecule has 0 radical (unpaired) electrons. The molecule has 0 unspecified atom stereocenters. The molecule has 3 N–H and O–H groups in total. The van der Waals surface area contributed by atoms with Crippen molar-refractivity contribution in [3.8, 4) is 0 Å². The first kappa shape index (κ1) is 16.8. The summed E-state index contributed by atoms with van der Waals surface area (Å²) in [5, 5.41) is 0.350. The fourth-order valence-electron chi connectivity index (χ4n) is 1.69. The third-order valence-corrected chi connectivity index (χ3v) is 5.59. The number of anilines is 1. The summed E-state index contributed by atoms with van der Waals surface area (Å²) in [5.41, 5.74) is 6.47. The third-order valence-electron chi connectivity index (χ3n) is 2.69. The van der Waals surface area contributed by atoms with E-state index in [9.17, 15) is 8.42 Å². The monoisotopic (exact) mass is 456 g/mol. The molecule has 0 fully saturated rings. The average Bonchev–Trinajstić information content (AvgIpc) is 2.43. The first-order valence-electron chi connectivity index (χ1n) is 5.80. The number of nitrogens with two attached hydrogens (primary N) is 1. The lowest BCUT2D eigenvalue weighted by atomic mass is 10.2. The molecular weight excluding hydrogens is 446 g/mol. The van der Waals surface area contributed by atoms with Crippen LogP contribution in [0.3, 0.4) is 0 Å². The van der Waals surface area contributed by atoms with Crippen LogP contribution in [-0.2, 0) is 16.6 Å². The molecule has 0 aromatic heterocycles. The van der Waals surface area contributed by atoms with Crippen molar-refractivity contribution in [2.45, 2.75) is 11.4 Å². The van der Waals surface area contributed by atoms with Crippen LogP contribution in [-0.4, -0.2) is 8.42 Å². The van der Waals surface area contributed by atoms with E-state index in [4.69, 9.17) is 28.9 Å². The van der Waals surface area contributed by atoms with Crippen LogP contribution in [0.1, 0.15) is 5.56 Å². The minimum absolute atomic E-state index is 0.0833. The summed E-state index contributed by atoms with van der Waals surface area (Å²) in [6, 6.07) is 9.78. The molecule has 2 aromatic carbocycles. The van der Waals surface area contributed by atoms with Gasteiger partial charge in [0.25, 0.3) is 10.0 Å². The van der Waals surface area contributed by atoms with Crippen molar-refractivity contribution in [2.24, 2.45) is 5.73 Å². The summed E-state index contributed by atoms with van der Waals surface area (Å²) in [5.74, 6) is 0. The Morgan fingerprint density at radius 1 is 1.14 bits per heavy atom. The molecule has 0 saturated carbocycles. The maximum Gasteiger partial charge on any atom is 0.263 e. The molecule has 112 valence electrons. The molecule has 21 heavy (non-hydrogen) atoms. The van der Waals surface area contributed by atoms with Gasteiger partial charge in [-0.15, -0.1) is 0 Å². The van der Waals surface area contributed by atoms with E-state index in [1.807, 2.05) is 0 Å². The van der Waals surface area contributed by atoms with Crippen molar-refractivity contribution in [3.63, 3.8) is 0 Å². The van der Waals surface area contributed by atoms with Crippen molar-refractivity contribution in [3.05, 3.63) is 55.6 Å². The predicted molar refractivity (Wildman–Crippen MR) is 94.3 cm³/mol. The molecule has 0 aliphatic carbocycles. The van der Waals surface area contributed by atoms with E-state index in [1.54, 1.807) is 30.3 Å².